The van der Waals surface area contributed by atoms with Gasteiger partial charge in [0.1, 0.15) is 22.5 Å². The summed E-state index contributed by atoms with van der Waals surface area (Å²) in [5.74, 6) is -0.132. The van der Waals surface area contributed by atoms with Crippen LogP contribution in [-0.2, 0) is 22.9 Å². The molecule has 120 valence electrons. The smallest absolute Gasteiger partial charge is 0.213 e. The minimum atomic E-state index is -3.42. The molecule has 0 radical (unpaired) electrons. The summed E-state index contributed by atoms with van der Waals surface area (Å²) < 4.78 is 24.2. The van der Waals surface area contributed by atoms with E-state index in [-0.39, 0.29) is 5.92 Å². The van der Waals surface area contributed by atoms with Crippen molar-refractivity contribution in [3.63, 3.8) is 0 Å². The number of aromatic nitrogens is 2. The minimum Gasteiger partial charge on any atom is -0.377 e. The third-order valence-electron chi connectivity index (χ3n) is 4.15. The van der Waals surface area contributed by atoms with E-state index in [0.717, 1.165) is 37.6 Å². The second-order valence-electron chi connectivity index (χ2n) is 5.54. The molecular formula is C13H16ClN3O3S2. The van der Waals surface area contributed by atoms with Crippen molar-refractivity contribution >= 4 is 43.2 Å². The summed E-state index contributed by atoms with van der Waals surface area (Å²) in [6.45, 7) is 0. The van der Waals surface area contributed by atoms with Crippen LogP contribution in [0.1, 0.15) is 16.9 Å². The normalized spacial score (nSPS) is 20.3. The molecule has 0 fully saturated rings. The highest BCUT2D eigenvalue weighted by molar-refractivity contribution is 7.88. The van der Waals surface area contributed by atoms with Crippen LogP contribution in [0.3, 0.4) is 0 Å². The molecule has 1 N–H and O–H groups in total. The average Bonchev–Trinajstić information content (AvgIpc) is 2.83. The van der Waals surface area contributed by atoms with E-state index in [9.17, 15) is 13.5 Å². The van der Waals surface area contributed by atoms with Gasteiger partial charge in [-0.2, -0.15) is 4.31 Å². The van der Waals surface area contributed by atoms with Crippen LogP contribution >= 0.6 is 22.9 Å². The number of aryl methyl sites for hydroxylation is 1. The van der Waals surface area contributed by atoms with Gasteiger partial charge in [0, 0.05) is 17.8 Å². The molecule has 6 nitrogen and oxygen atoms in total. The third kappa shape index (κ3) is 2.74. The molecule has 0 amide bonds. The van der Waals surface area contributed by atoms with Gasteiger partial charge in [-0.05, 0) is 24.8 Å². The lowest BCUT2D eigenvalue weighted by Crippen LogP contribution is -2.42. The molecule has 0 saturated carbocycles. The number of sulfonamides is 1. The Morgan fingerprint density at radius 2 is 2.23 bits per heavy atom. The van der Waals surface area contributed by atoms with Crippen molar-refractivity contribution in [1.82, 2.24) is 14.3 Å². The summed E-state index contributed by atoms with van der Waals surface area (Å²) >= 11 is 7.70. The van der Waals surface area contributed by atoms with Gasteiger partial charge in [-0.15, -0.1) is 11.3 Å². The lowest BCUT2D eigenvalue weighted by Gasteiger charge is -2.31. The fourth-order valence-corrected chi connectivity index (χ4v) is 4.99. The van der Waals surface area contributed by atoms with Crippen LogP contribution in [0.4, 0.5) is 0 Å². The Morgan fingerprint density at radius 1 is 1.50 bits per heavy atom. The van der Waals surface area contributed by atoms with E-state index in [1.807, 2.05) is 0 Å². The highest BCUT2D eigenvalue weighted by atomic mass is 35.5. The lowest BCUT2D eigenvalue weighted by atomic mass is 9.87. The van der Waals surface area contributed by atoms with E-state index in [2.05, 4.69) is 9.97 Å². The molecule has 3 rings (SSSR count). The lowest BCUT2D eigenvalue weighted by molar-refractivity contribution is 0.0179. The van der Waals surface area contributed by atoms with Crippen LogP contribution in [0.25, 0.3) is 10.2 Å². The fraction of sp³-hybridized carbons (Fsp3) is 0.538. The summed E-state index contributed by atoms with van der Waals surface area (Å²) in [5.41, 5.74) is 1.14. The van der Waals surface area contributed by atoms with Gasteiger partial charge in [0.15, 0.2) is 0 Å². The maximum Gasteiger partial charge on any atom is 0.213 e. The van der Waals surface area contributed by atoms with Gasteiger partial charge in [0.2, 0.25) is 10.0 Å². The first-order chi connectivity index (χ1) is 10.3. The van der Waals surface area contributed by atoms with Gasteiger partial charge < -0.3 is 5.11 Å². The van der Waals surface area contributed by atoms with E-state index in [1.165, 1.54) is 24.7 Å². The first kappa shape index (κ1) is 16.1. The SMILES string of the molecule is CN(C(O)[C@H]1CCc2c(sc3ncnc(Cl)c23)C1)S(C)(=O)=O. The number of hydrogen-bond acceptors (Lipinski definition) is 6. The van der Waals surface area contributed by atoms with E-state index in [4.69, 9.17) is 11.6 Å². The van der Waals surface area contributed by atoms with Crippen LogP contribution in [0.5, 0.6) is 0 Å². The molecule has 2 aromatic heterocycles. The number of aliphatic hydroxyl groups is 1. The molecule has 0 spiro atoms. The van der Waals surface area contributed by atoms with Crippen molar-refractivity contribution in [3.05, 3.63) is 21.9 Å². The summed E-state index contributed by atoms with van der Waals surface area (Å²) in [7, 11) is -2.01. The molecule has 0 bridgehead atoms. The Hall–Kier alpha value is -0.800. The summed E-state index contributed by atoms with van der Waals surface area (Å²) in [6.07, 6.45) is 3.57. The first-order valence-electron chi connectivity index (χ1n) is 6.81. The second-order valence-corrected chi connectivity index (χ2v) is 9.03. The predicted octanol–water partition coefficient (Wildman–Crippen LogP) is 1.66. The van der Waals surface area contributed by atoms with E-state index in [0.29, 0.717) is 18.0 Å². The number of hydrogen-bond donors (Lipinski definition) is 1. The van der Waals surface area contributed by atoms with E-state index in [1.54, 1.807) is 0 Å². The zero-order chi connectivity index (χ0) is 16.1. The van der Waals surface area contributed by atoms with Gasteiger partial charge in [0.05, 0.1) is 11.6 Å². The largest absolute Gasteiger partial charge is 0.377 e. The maximum absolute atomic E-state index is 11.6. The van der Waals surface area contributed by atoms with Crippen molar-refractivity contribution in [1.29, 1.82) is 0 Å². The Labute approximate surface area is 137 Å². The van der Waals surface area contributed by atoms with Crippen molar-refractivity contribution in [2.75, 3.05) is 13.3 Å². The molecule has 1 unspecified atom stereocenters. The van der Waals surface area contributed by atoms with Crippen molar-refractivity contribution in [3.8, 4) is 0 Å². The van der Waals surface area contributed by atoms with Crippen LogP contribution in [-0.4, -0.2) is 47.3 Å². The van der Waals surface area contributed by atoms with Gasteiger partial charge >= 0.3 is 0 Å². The second kappa shape index (κ2) is 5.68. The van der Waals surface area contributed by atoms with Gasteiger partial charge in [-0.25, -0.2) is 18.4 Å². The zero-order valence-electron chi connectivity index (χ0n) is 12.2. The molecule has 2 heterocycles. The van der Waals surface area contributed by atoms with Gasteiger partial charge in [-0.1, -0.05) is 11.6 Å². The van der Waals surface area contributed by atoms with Crippen LogP contribution in [0, 0.1) is 5.92 Å². The number of aliphatic hydroxyl groups excluding tert-OH is 1. The maximum atomic E-state index is 11.6. The molecule has 0 aromatic carbocycles. The molecule has 9 heteroatoms. The number of rotatable bonds is 3. The molecule has 0 aliphatic heterocycles. The minimum absolute atomic E-state index is 0.132. The molecular weight excluding hydrogens is 346 g/mol. The van der Waals surface area contributed by atoms with Crippen molar-refractivity contribution < 1.29 is 13.5 Å². The Balaban J connectivity index is 1.92. The number of halogens is 1. The van der Waals surface area contributed by atoms with E-state index >= 15 is 0 Å². The fourth-order valence-electron chi connectivity index (χ4n) is 2.84. The highest BCUT2D eigenvalue weighted by Crippen LogP contribution is 2.40. The number of nitrogens with zero attached hydrogens (tertiary/aromatic N) is 3. The molecule has 2 atom stereocenters. The topological polar surface area (TPSA) is 83.4 Å². The molecule has 22 heavy (non-hydrogen) atoms. The quantitative estimate of drug-likeness (QED) is 0.664. The molecule has 0 saturated heterocycles. The number of fused-ring (bicyclic) bond motifs is 3. The predicted molar refractivity (Wildman–Crippen MR) is 86.6 cm³/mol. The Bertz CT molecular complexity index is 821. The number of thiophene rings is 1. The van der Waals surface area contributed by atoms with Gasteiger partial charge in [-0.3, -0.25) is 0 Å². The van der Waals surface area contributed by atoms with E-state index < -0.39 is 16.3 Å². The molecule has 2 aromatic rings. The van der Waals surface area contributed by atoms with Crippen molar-refractivity contribution in [2.45, 2.75) is 25.5 Å². The zero-order valence-corrected chi connectivity index (χ0v) is 14.5. The monoisotopic (exact) mass is 361 g/mol. The van der Waals surface area contributed by atoms with Crippen LogP contribution < -0.4 is 0 Å². The average molecular weight is 362 g/mol. The molecule has 1 aliphatic carbocycles. The van der Waals surface area contributed by atoms with Crippen molar-refractivity contribution in [2.24, 2.45) is 5.92 Å². The van der Waals surface area contributed by atoms with Crippen LogP contribution in [0.15, 0.2) is 6.33 Å². The van der Waals surface area contributed by atoms with Crippen LogP contribution in [0.2, 0.25) is 5.15 Å². The molecule has 1 aliphatic rings. The standard InChI is InChI=1S/C13H16ClN3O3S2/c1-17(22(2,19)20)13(18)7-3-4-8-9(5-7)21-12-10(8)11(14)15-6-16-12/h6-7,13,18H,3-5H2,1-2H3/t7-,13?/m0/s1. The summed E-state index contributed by atoms with van der Waals surface area (Å²) in [4.78, 5) is 10.2. The first-order valence-corrected chi connectivity index (χ1v) is 9.85. The summed E-state index contributed by atoms with van der Waals surface area (Å²) in [6, 6.07) is 0. The third-order valence-corrected chi connectivity index (χ3v) is 6.87. The Kier molecular flexibility index (Phi) is 4.15. The summed E-state index contributed by atoms with van der Waals surface area (Å²) in [5, 5.41) is 11.7. The Morgan fingerprint density at radius 3 is 2.91 bits per heavy atom. The highest BCUT2D eigenvalue weighted by Gasteiger charge is 2.33. The van der Waals surface area contributed by atoms with Gasteiger partial charge in [0.25, 0.3) is 0 Å².